The highest BCUT2D eigenvalue weighted by Gasteiger charge is 2.57. The third-order valence-corrected chi connectivity index (χ3v) is 5.92. The van der Waals surface area contributed by atoms with Gasteiger partial charge in [0.15, 0.2) is 0 Å². The van der Waals surface area contributed by atoms with Crippen molar-refractivity contribution >= 4 is 10.5 Å². The predicted octanol–water partition coefficient (Wildman–Crippen LogP) is 2.75. The van der Waals surface area contributed by atoms with Crippen molar-refractivity contribution in [2.75, 3.05) is 0 Å². The van der Waals surface area contributed by atoms with Crippen LogP contribution in [0, 0.1) is 0 Å². The van der Waals surface area contributed by atoms with Crippen LogP contribution in [0.3, 0.4) is 0 Å². The van der Waals surface area contributed by atoms with Crippen LogP contribution >= 0.6 is 10.5 Å². The molecule has 1 aliphatic rings. The maximum atomic E-state index is 5.46. The average molecular weight is 177 g/mol. The SMILES string of the molecule is CC(C)(C)S1(C(C)(C)C)NO1. The molecule has 0 aliphatic carbocycles. The summed E-state index contributed by atoms with van der Waals surface area (Å²) >= 11 is 0. The van der Waals surface area contributed by atoms with Crippen LogP contribution in [0.1, 0.15) is 41.5 Å². The average Bonchev–Trinajstić information content (AvgIpc) is 2.31. The summed E-state index contributed by atoms with van der Waals surface area (Å²) in [7, 11) is -1.01. The van der Waals surface area contributed by atoms with E-state index in [0.717, 1.165) is 0 Å². The fourth-order valence-electron chi connectivity index (χ4n) is 1.45. The molecule has 2 nitrogen and oxygen atoms in total. The zero-order chi connectivity index (χ0) is 8.91. The third kappa shape index (κ3) is 1.30. The Kier molecular flexibility index (Phi) is 1.83. The maximum absolute atomic E-state index is 5.46. The molecule has 0 aromatic heterocycles. The van der Waals surface area contributed by atoms with Gasteiger partial charge in [-0.25, -0.2) is 4.28 Å². The maximum Gasteiger partial charge on any atom is 0.0299 e. The summed E-state index contributed by atoms with van der Waals surface area (Å²) in [6.45, 7) is 13.4. The van der Waals surface area contributed by atoms with E-state index in [1.54, 1.807) is 0 Å². The summed E-state index contributed by atoms with van der Waals surface area (Å²) in [5.41, 5.74) is 0. The Labute approximate surface area is 71.3 Å². The molecule has 1 heterocycles. The van der Waals surface area contributed by atoms with Crippen molar-refractivity contribution in [3.05, 3.63) is 0 Å². The van der Waals surface area contributed by atoms with E-state index in [0.29, 0.717) is 0 Å². The van der Waals surface area contributed by atoms with Crippen LogP contribution in [-0.4, -0.2) is 9.49 Å². The first-order valence-electron chi connectivity index (χ1n) is 3.98. The Morgan fingerprint density at radius 2 is 1.18 bits per heavy atom. The molecule has 0 radical (unpaired) electrons. The van der Waals surface area contributed by atoms with Crippen LogP contribution in [0.25, 0.3) is 0 Å². The molecule has 0 aromatic carbocycles. The van der Waals surface area contributed by atoms with Gasteiger partial charge < -0.3 is 0 Å². The first kappa shape index (κ1) is 9.36. The zero-order valence-corrected chi connectivity index (χ0v) is 9.13. The lowest BCUT2D eigenvalue weighted by atomic mass is 10.2. The van der Waals surface area contributed by atoms with E-state index in [1.165, 1.54) is 0 Å². The topological polar surface area (TPSA) is 34.5 Å². The highest BCUT2D eigenvalue weighted by atomic mass is 32.3. The first-order valence-corrected chi connectivity index (χ1v) is 5.54. The Hall–Kier alpha value is 0.270. The highest BCUT2D eigenvalue weighted by Crippen LogP contribution is 2.73. The van der Waals surface area contributed by atoms with Gasteiger partial charge in [-0.1, -0.05) is 0 Å². The Morgan fingerprint density at radius 1 is 0.909 bits per heavy atom. The summed E-state index contributed by atoms with van der Waals surface area (Å²) in [4.78, 5) is 3.11. The standard InChI is InChI=1S/C8H19NOS/c1-7(2,3)11(9-10-11)8(4,5)6/h9H,1-6H3. The summed E-state index contributed by atoms with van der Waals surface area (Å²) in [5, 5.41) is 0. The van der Waals surface area contributed by atoms with Crippen molar-refractivity contribution in [3.8, 4) is 0 Å². The van der Waals surface area contributed by atoms with E-state index in [9.17, 15) is 0 Å². The van der Waals surface area contributed by atoms with Crippen LogP contribution in [0.15, 0.2) is 0 Å². The molecule has 0 unspecified atom stereocenters. The van der Waals surface area contributed by atoms with Crippen molar-refractivity contribution in [2.45, 2.75) is 51.0 Å². The van der Waals surface area contributed by atoms with Crippen LogP contribution in [0.5, 0.6) is 0 Å². The summed E-state index contributed by atoms with van der Waals surface area (Å²) in [6.07, 6.45) is 0. The summed E-state index contributed by atoms with van der Waals surface area (Å²) in [6, 6.07) is 0. The van der Waals surface area contributed by atoms with E-state index in [4.69, 9.17) is 4.28 Å². The molecule has 3 heteroatoms. The van der Waals surface area contributed by atoms with Gasteiger partial charge in [0.05, 0.1) is 0 Å². The van der Waals surface area contributed by atoms with E-state index in [1.807, 2.05) is 0 Å². The minimum atomic E-state index is -1.01. The van der Waals surface area contributed by atoms with Crippen molar-refractivity contribution in [1.82, 2.24) is 4.89 Å². The number of hydrogen-bond donors (Lipinski definition) is 1. The predicted molar refractivity (Wildman–Crippen MR) is 51.3 cm³/mol. The molecular formula is C8H19NOS. The molecule has 0 saturated carbocycles. The van der Waals surface area contributed by atoms with Gasteiger partial charge in [0, 0.05) is 9.49 Å². The Morgan fingerprint density at radius 3 is 1.18 bits per heavy atom. The quantitative estimate of drug-likeness (QED) is 0.577. The largest absolute Gasteiger partial charge is 0.226 e. The lowest BCUT2D eigenvalue weighted by molar-refractivity contribution is 0.459. The highest BCUT2D eigenvalue weighted by molar-refractivity contribution is 8.34. The van der Waals surface area contributed by atoms with E-state index in [2.05, 4.69) is 46.4 Å². The summed E-state index contributed by atoms with van der Waals surface area (Å²) < 4.78 is 5.94. The van der Waals surface area contributed by atoms with Crippen LogP contribution in [-0.2, 0) is 4.28 Å². The fourth-order valence-corrected chi connectivity index (χ4v) is 4.56. The molecule has 0 atom stereocenters. The van der Waals surface area contributed by atoms with Crippen molar-refractivity contribution in [1.29, 1.82) is 0 Å². The lowest BCUT2D eigenvalue weighted by Gasteiger charge is -2.39. The van der Waals surface area contributed by atoms with Crippen molar-refractivity contribution in [2.24, 2.45) is 0 Å². The van der Waals surface area contributed by atoms with Gasteiger partial charge in [-0.05, 0) is 52.0 Å². The van der Waals surface area contributed by atoms with Crippen molar-refractivity contribution in [3.63, 3.8) is 0 Å². The minimum absolute atomic E-state index is 0.241. The van der Waals surface area contributed by atoms with Crippen LogP contribution in [0.2, 0.25) is 0 Å². The van der Waals surface area contributed by atoms with Crippen LogP contribution < -0.4 is 4.89 Å². The van der Waals surface area contributed by atoms with Crippen LogP contribution in [0.4, 0.5) is 0 Å². The molecular weight excluding hydrogens is 158 g/mol. The van der Waals surface area contributed by atoms with Gasteiger partial charge in [0.2, 0.25) is 0 Å². The second-order valence-corrected chi connectivity index (χ2v) is 8.84. The molecule has 1 N–H and O–H groups in total. The molecule has 68 valence electrons. The molecule has 1 saturated heterocycles. The molecule has 1 aliphatic heterocycles. The normalized spacial score (nSPS) is 26.4. The van der Waals surface area contributed by atoms with Gasteiger partial charge in [-0.15, -0.1) is 4.89 Å². The van der Waals surface area contributed by atoms with E-state index in [-0.39, 0.29) is 9.49 Å². The summed E-state index contributed by atoms with van der Waals surface area (Å²) in [5.74, 6) is 0. The molecule has 0 spiro atoms. The monoisotopic (exact) mass is 177 g/mol. The zero-order valence-electron chi connectivity index (χ0n) is 8.32. The molecule has 0 bridgehead atoms. The first-order chi connectivity index (χ1) is 4.71. The molecule has 1 rings (SSSR count). The van der Waals surface area contributed by atoms with Gasteiger partial charge in [-0.3, -0.25) is 0 Å². The molecule has 1 fully saturated rings. The fraction of sp³-hybridized carbons (Fsp3) is 1.00. The molecule has 11 heavy (non-hydrogen) atoms. The smallest absolute Gasteiger partial charge is 0.0299 e. The van der Waals surface area contributed by atoms with E-state index >= 15 is 0 Å². The van der Waals surface area contributed by atoms with Crippen molar-refractivity contribution < 1.29 is 4.28 Å². The number of nitrogens with one attached hydrogen (secondary N) is 1. The Balaban J connectivity index is 2.85. The van der Waals surface area contributed by atoms with Gasteiger partial charge in [-0.2, -0.15) is 0 Å². The van der Waals surface area contributed by atoms with E-state index < -0.39 is 10.5 Å². The number of hydrogen-bond acceptors (Lipinski definition) is 2. The number of rotatable bonds is 0. The molecule has 0 amide bonds. The van der Waals surface area contributed by atoms with Gasteiger partial charge in [0.1, 0.15) is 0 Å². The minimum Gasteiger partial charge on any atom is -0.226 e. The third-order valence-electron chi connectivity index (χ3n) is 1.97. The second kappa shape index (κ2) is 2.15. The Bertz CT molecular complexity index is 146. The second-order valence-electron chi connectivity index (χ2n) is 4.95. The van der Waals surface area contributed by atoms with Gasteiger partial charge in [0.25, 0.3) is 0 Å². The molecule has 0 aromatic rings. The van der Waals surface area contributed by atoms with Gasteiger partial charge >= 0.3 is 0 Å². The lowest BCUT2D eigenvalue weighted by Crippen LogP contribution is -2.31.